The Hall–Kier alpha value is -3.19. The Kier molecular flexibility index (Phi) is 3.73. The number of nitro groups is 1. The Balaban J connectivity index is 1.50. The molecule has 7 heteroatoms. The monoisotopic (exact) mass is 378 g/mol. The Morgan fingerprint density at radius 3 is 2.68 bits per heavy atom. The number of nitrogens with zero attached hydrogens (tertiary/aromatic N) is 2. The number of hydrogen-bond acceptors (Lipinski definition) is 6. The maximum atomic E-state index is 13.0. The van der Waals surface area contributed by atoms with Crippen molar-refractivity contribution in [2.75, 3.05) is 6.73 Å². The summed E-state index contributed by atoms with van der Waals surface area (Å²) < 4.78 is 11.9. The summed E-state index contributed by atoms with van der Waals surface area (Å²) in [5.41, 5.74) is 2.99. The molecule has 1 aliphatic carbocycles. The molecule has 0 aromatic heterocycles. The van der Waals surface area contributed by atoms with Crippen LogP contribution in [0.5, 0.6) is 11.5 Å². The van der Waals surface area contributed by atoms with Crippen molar-refractivity contribution in [1.29, 1.82) is 0 Å². The molecular weight excluding hydrogens is 360 g/mol. The van der Waals surface area contributed by atoms with Gasteiger partial charge in [-0.3, -0.25) is 19.8 Å². The fourth-order valence-corrected chi connectivity index (χ4v) is 3.76. The summed E-state index contributed by atoms with van der Waals surface area (Å²) in [6, 6.07) is 8.49. The van der Waals surface area contributed by atoms with Crippen LogP contribution in [-0.4, -0.2) is 28.4 Å². The highest BCUT2D eigenvalue weighted by atomic mass is 16.6. The smallest absolute Gasteiger partial charge is 0.269 e. The van der Waals surface area contributed by atoms with Crippen LogP contribution < -0.4 is 9.47 Å². The number of allylic oxidation sites excluding steroid dienone is 1. The van der Waals surface area contributed by atoms with E-state index >= 15 is 0 Å². The van der Waals surface area contributed by atoms with E-state index < -0.39 is 4.92 Å². The van der Waals surface area contributed by atoms with Gasteiger partial charge in [0.1, 0.15) is 18.2 Å². The van der Waals surface area contributed by atoms with Gasteiger partial charge in [0, 0.05) is 24.7 Å². The Morgan fingerprint density at radius 2 is 2.00 bits per heavy atom. The van der Waals surface area contributed by atoms with Crippen LogP contribution in [0.2, 0.25) is 0 Å². The standard InChI is InChI=1S/C21H18N2O5/c1-12-8-17-16(10-22(11-27-17)14-6-7-14)21-19(12)20(24)18(28-21)9-13-2-4-15(5-3-13)23(25)26/h2-5,8-9,14H,6-7,10-11H2,1H3/b18-9-. The SMILES string of the molecule is Cc1cc2c(c3c1C(=O)/C(=C/c1ccc([N+](=O)[O-])cc1)O3)CN(C1CC1)CO2. The van der Waals surface area contributed by atoms with Gasteiger partial charge in [0.15, 0.2) is 5.76 Å². The molecule has 0 saturated heterocycles. The minimum absolute atomic E-state index is 0.00586. The van der Waals surface area contributed by atoms with Crippen LogP contribution in [0, 0.1) is 17.0 Å². The number of hydrogen-bond donors (Lipinski definition) is 0. The number of nitro benzene ring substituents is 1. The first-order valence-corrected chi connectivity index (χ1v) is 9.23. The molecular formula is C21H18N2O5. The van der Waals surface area contributed by atoms with Gasteiger partial charge in [-0.25, -0.2) is 0 Å². The van der Waals surface area contributed by atoms with Crippen molar-refractivity contribution >= 4 is 17.5 Å². The van der Waals surface area contributed by atoms with E-state index in [1.807, 2.05) is 13.0 Å². The number of fused-ring (bicyclic) bond motifs is 3. The predicted octanol–water partition coefficient (Wildman–Crippen LogP) is 3.83. The van der Waals surface area contributed by atoms with E-state index in [1.165, 1.54) is 25.0 Å². The summed E-state index contributed by atoms with van der Waals surface area (Å²) in [5.74, 6) is 1.41. The zero-order valence-electron chi connectivity index (χ0n) is 15.3. The number of aryl methyl sites for hydroxylation is 1. The van der Waals surface area contributed by atoms with Gasteiger partial charge in [0.05, 0.1) is 16.1 Å². The van der Waals surface area contributed by atoms with Crippen molar-refractivity contribution < 1.29 is 19.2 Å². The van der Waals surface area contributed by atoms with Crippen LogP contribution >= 0.6 is 0 Å². The van der Waals surface area contributed by atoms with Gasteiger partial charge in [0.2, 0.25) is 5.78 Å². The quantitative estimate of drug-likeness (QED) is 0.459. The number of Topliss-reactive ketones (excluding diaryl/α,β-unsaturated/α-hetero) is 1. The zero-order chi connectivity index (χ0) is 19.4. The summed E-state index contributed by atoms with van der Waals surface area (Å²) in [5, 5.41) is 10.8. The van der Waals surface area contributed by atoms with Crippen LogP contribution in [0.4, 0.5) is 5.69 Å². The van der Waals surface area contributed by atoms with Crippen LogP contribution in [-0.2, 0) is 6.54 Å². The molecule has 2 aliphatic heterocycles. The zero-order valence-corrected chi connectivity index (χ0v) is 15.3. The lowest BCUT2D eigenvalue weighted by Gasteiger charge is -2.30. The third-order valence-corrected chi connectivity index (χ3v) is 5.42. The van der Waals surface area contributed by atoms with Crippen molar-refractivity contribution in [2.24, 2.45) is 0 Å². The van der Waals surface area contributed by atoms with Gasteiger partial charge >= 0.3 is 0 Å². The fraction of sp³-hybridized carbons (Fsp3) is 0.286. The first kappa shape index (κ1) is 16.9. The van der Waals surface area contributed by atoms with E-state index in [2.05, 4.69) is 4.90 Å². The molecule has 28 heavy (non-hydrogen) atoms. The second-order valence-corrected chi connectivity index (χ2v) is 7.41. The number of benzene rings is 2. The number of ether oxygens (including phenoxy) is 2. The van der Waals surface area contributed by atoms with Gasteiger partial charge in [-0.05, 0) is 55.2 Å². The molecule has 0 radical (unpaired) electrons. The molecule has 3 aliphatic rings. The fourth-order valence-electron chi connectivity index (χ4n) is 3.76. The van der Waals surface area contributed by atoms with Gasteiger partial charge in [-0.2, -0.15) is 0 Å². The molecule has 7 nitrogen and oxygen atoms in total. The molecule has 2 aromatic carbocycles. The van der Waals surface area contributed by atoms with Crippen LogP contribution in [0.25, 0.3) is 6.08 Å². The molecule has 0 N–H and O–H groups in total. The van der Waals surface area contributed by atoms with Crippen molar-refractivity contribution in [3.63, 3.8) is 0 Å². The second-order valence-electron chi connectivity index (χ2n) is 7.41. The van der Waals surface area contributed by atoms with E-state index in [0.29, 0.717) is 36.2 Å². The topological polar surface area (TPSA) is 81.9 Å². The summed E-state index contributed by atoms with van der Waals surface area (Å²) in [7, 11) is 0. The van der Waals surface area contributed by atoms with Crippen LogP contribution in [0.15, 0.2) is 36.1 Å². The number of non-ortho nitro benzene ring substituents is 1. The molecule has 0 atom stereocenters. The molecule has 1 saturated carbocycles. The molecule has 2 heterocycles. The molecule has 142 valence electrons. The molecule has 1 fully saturated rings. The predicted molar refractivity (Wildman–Crippen MR) is 101 cm³/mol. The van der Waals surface area contributed by atoms with E-state index in [0.717, 1.165) is 16.9 Å². The van der Waals surface area contributed by atoms with Gasteiger partial charge in [-0.1, -0.05) is 0 Å². The molecule has 5 rings (SSSR count). The third-order valence-electron chi connectivity index (χ3n) is 5.42. The van der Waals surface area contributed by atoms with Crippen molar-refractivity contribution in [3.05, 3.63) is 68.5 Å². The van der Waals surface area contributed by atoms with E-state index in [-0.39, 0.29) is 17.2 Å². The van der Waals surface area contributed by atoms with Gasteiger partial charge in [-0.15, -0.1) is 0 Å². The highest BCUT2D eigenvalue weighted by molar-refractivity contribution is 6.15. The molecule has 2 aromatic rings. The molecule has 0 spiro atoms. The second kappa shape index (κ2) is 6.17. The summed E-state index contributed by atoms with van der Waals surface area (Å²) in [6.45, 7) is 3.15. The number of ketones is 1. The average molecular weight is 378 g/mol. The first-order valence-electron chi connectivity index (χ1n) is 9.23. The van der Waals surface area contributed by atoms with Crippen molar-refractivity contribution in [3.8, 4) is 11.5 Å². The maximum Gasteiger partial charge on any atom is 0.269 e. The molecule has 0 unspecified atom stereocenters. The van der Waals surface area contributed by atoms with E-state index in [1.54, 1.807) is 18.2 Å². The highest BCUT2D eigenvalue weighted by Gasteiger charge is 2.38. The van der Waals surface area contributed by atoms with Crippen molar-refractivity contribution in [2.45, 2.75) is 32.4 Å². The highest BCUT2D eigenvalue weighted by Crippen LogP contribution is 2.45. The first-order chi connectivity index (χ1) is 13.5. The largest absolute Gasteiger partial charge is 0.478 e. The lowest BCUT2D eigenvalue weighted by Crippen LogP contribution is -2.34. The van der Waals surface area contributed by atoms with E-state index in [4.69, 9.17) is 9.47 Å². The van der Waals surface area contributed by atoms with E-state index in [9.17, 15) is 14.9 Å². The number of carbonyl (C=O) groups excluding carboxylic acids is 1. The average Bonchev–Trinajstić information content (AvgIpc) is 3.47. The Morgan fingerprint density at radius 1 is 1.25 bits per heavy atom. The molecule has 0 bridgehead atoms. The number of carbonyl (C=O) groups is 1. The summed E-state index contributed by atoms with van der Waals surface area (Å²) in [4.78, 5) is 25.6. The lowest BCUT2D eigenvalue weighted by atomic mass is 9.98. The van der Waals surface area contributed by atoms with Crippen molar-refractivity contribution in [1.82, 2.24) is 4.90 Å². The van der Waals surface area contributed by atoms with Crippen LogP contribution in [0.1, 0.15) is 39.9 Å². The lowest BCUT2D eigenvalue weighted by molar-refractivity contribution is -0.384. The minimum Gasteiger partial charge on any atom is -0.478 e. The summed E-state index contributed by atoms with van der Waals surface area (Å²) >= 11 is 0. The Bertz CT molecular complexity index is 1040. The number of rotatable bonds is 3. The normalized spacial score (nSPS) is 19.8. The summed E-state index contributed by atoms with van der Waals surface area (Å²) in [6.07, 6.45) is 3.98. The Labute approximate surface area is 161 Å². The van der Waals surface area contributed by atoms with Gasteiger partial charge in [0.25, 0.3) is 5.69 Å². The third kappa shape index (κ3) is 2.75. The van der Waals surface area contributed by atoms with Gasteiger partial charge < -0.3 is 9.47 Å². The maximum absolute atomic E-state index is 13.0. The minimum atomic E-state index is -0.453. The molecule has 0 amide bonds. The van der Waals surface area contributed by atoms with Crippen LogP contribution in [0.3, 0.4) is 0 Å².